The normalized spacial score (nSPS) is 9.95. The Kier molecular flexibility index (Phi) is 7.97. The van der Waals surface area contributed by atoms with E-state index in [2.05, 4.69) is 11.8 Å². The SMILES string of the molecule is CCOCCCC(=O)N(C)Cc1cc(C#CCN)cs1. The third-order valence-electron chi connectivity index (χ3n) is 2.69. The second-order valence-electron chi connectivity index (χ2n) is 4.36. The third kappa shape index (κ3) is 6.20. The van der Waals surface area contributed by atoms with E-state index >= 15 is 0 Å². The molecule has 0 aliphatic rings. The zero-order chi connectivity index (χ0) is 14.8. The molecule has 0 aliphatic heterocycles. The quantitative estimate of drug-likeness (QED) is 0.616. The first-order valence-corrected chi connectivity index (χ1v) is 7.63. The summed E-state index contributed by atoms with van der Waals surface area (Å²) in [5.41, 5.74) is 6.30. The van der Waals surface area contributed by atoms with Gasteiger partial charge in [0.05, 0.1) is 13.1 Å². The maximum absolute atomic E-state index is 11.9. The maximum atomic E-state index is 11.9. The van der Waals surface area contributed by atoms with Gasteiger partial charge >= 0.3 is 0 Å². The molecule has 4 nitrogen and oxygen atoms in total. The molecule has 0 saturated carbocycles. The minimum atomic E-state index is 0.146. The molecule has 5 heteroatoms. The van der Waals surface area contributed by atoms with Crippen molar-refractivity contribution < 1.29 is 9.53 Å². The van der Waals surface area contributed by atoms with Gasteiger partial charge in [-0.2, -0.15) is 0 Å². The first-order valence-electron chi connectivity index (χ1n) is 6.75. The fourth-order valence-electron chi connectivity index (χ4n) is 1.66. The van der Waals surface area contributed by atoms with Crippen molar-refractivity contribution in [3.63, 3.8) is 0 Å². The van der Waals surface area contributed by atoms with Crippen LogP contribution in [-0.2, 0) is 16.1 Å². The molecular formula is C15H22N2O2S. The lowest BCUT2D eigenvalue weighted by molar-refractivity contribution is -0.130. The Labute approximate surface area is 124 Å². The van der Waals surface area contributed by atoms with Gasteiger partial charge in [0.1, 0.15) is 0 Å². The molecule has 0 fully saturated rings. The molecule has 1 aromatic heterocycles. The van der Waals surface area contributed by atoms with E-state index in [9.17, 15) is 4.79 Å². The molecule has 0 aliphatic carbocycles. The summed E-state index contributed by atoms with van der Waals surface area (Å²) >= 11 is 1.62. The molecule has 1 heterocycles. The van der Waals surface area contributed by atoms with Gasteiger partial charge in [-0.25, -0.2) is 0 Å². The minimum Gasteiger partial charge on any atom is -0.382 e. The minimum absolute atomic E-state index is 0.146. The number of rotatable bonds is 7. The molecule has 0 aromatic carbocycles. The molecule has 110 valence electrons. The van der Waals surface area contributed by atoms with Crippen molar-refractivity contribution in [2.75, 3.05) is 26.8 Å². The van der Waals surface area contributed by atoms with Crippen LogP contribution in [0.5, 0.6) is 0 Å². The van der Waals surface area contributed by atoms with Crippen LogP contribution in [0.3, 0.4) is 0 Å². The Bertz CT molecular complexity index is 474. The van der Waals surface area contributed by atoms with Crippen LogP contribution in [0.25, 0.3) is 0 Å². The molecule has 0 spiro atoms. The highest BCUT2D eigenvalue weighted by atomic mass is 32.1. The van der Waals surface area contributed by atoms with Crippen molar-refractivity contribution in [2.24, 2.45) is 5.73 Å². The molecule has 2 N–H and O–H groups in total. The van der Waals surface area contributed by atoms with Gasteiger partial charge in [0.2, 0.25) is 5.91 Å². The number of thiophene rings is 1. The number of nitrogens with two attached hydrogens (primary N) is 1. The standard InChI is InChI=1S/C15H22N2O2S/c1-3-19-9-5-7-15(18)17(2)11-14-10-13(12-20-14)6-4-8-16/h10,12H,3,5,7-9,11,16H2,1-2H3. The lowest BCUT2D eigenvalue weighted by atomic mass is 10.2. The van der Waals surface area contributed by atoms with E-state index in [4.69, 9.17) is 10.5 Å². The predicted octanol–water partition coefficient (Wildman–Crippen LogP) is 1.83. The van der Waals surface area contributed by atoms with Crippen LogP contribution >= 0.6 is 11.3 Å². The van der Waals surface area contributed by atoms with E-state index in [1.54, 1.807) is 16.2 Å². The zero-order valence-corrected chi connectivity index (χ0v) is 13.0. The smallest absolute Gasteiger partial charge is 0.222 e. The Hall–Kier alpha value is -1.35. The highest BCUT2D eigenvalue weighted by Gasteiger charge is 2.10. The largest absolute Gasteiger partial charge is 0.382 e. The number of carbonyl (C=O) groups excluding carboxylic acids is 1. The number of ether oxygens (including phenoxy) is 1. The van der Waals surface area contributed by atoms with Crippen LogP contribution < -0.4 is 5.73 Å². The van der Waals surface area contributed by atoms with Crippen molar-refractivity contribution in [1.82, 2.24) is 4.90 Å². The average molecular weight is 294 g/mol. The summed E-state index contributed by atoms with van der Waals surface area (Å²) in [5, 5.41) is 1.99. The average Bonchev–Trinajstić information content (AvgIpc) is 2.88. The Balaban J connectivity index is 2.39. The van der Waals surface area contributed by atoms with Gasteiger partial charge < -0.3 is 15.4 Å². The predicted molar refractivity (Wildman–Crippen MR) is 82.5 cm³/mol. The summed E-state index contributed by atoms with van der Waals surface area (Å²) in [6.07, 6.45) is 1.30. The number of hydrogen-bond acceptors (Lipinski definition) is 4. The van der Waals surface area contributed by atoms with E-state index < -0.39 is 0 Å². The van der Waals surface area contributed by atoms with Crippen molar-refractivity contribution in [2.45, 2.75) is 26.3 Å². The molecular weight excluding hydrogens is 272 g/mol. The summed E-state index contributed by atoms with van der Waals surface area (Å²) in [5.74, 6) is 5.96. The first kappa shape index (κ1) is 16.7. The van der Waals surface area contributed by atoms with Gasteiger partial charge in [0, 0.05) is 42.5 Å². The van der Waals surface area contributed by atoms with E-state index in [-0.39, 0.29) is 5.91 Å². The fraction of sp³-hybridized carbons (Fsp3) is 0.533. The number of hydrogen-bond donors (Lipinski definition) is 1. The summed E-state index contributed by atoms with van der Waals surface area (Å²) < 4.78 is 5.23. The van der Waals surface area contributed by atoms with E-state index in [0.29, 0.717) is 32.7 Å². The van der Waals surface area contributed by atoms with Crippen LogP contribution in [0.15, 0.2) is 11.4 Å². The summed E-state index contributed by atoms with van der Waals surface area (Å²) in [6, 6.07) is 2.01. The first-order chi connectivity index (χ1) is 9.67. The van der Waals surface area contributed by atoms with Crippen molar-refractivity contribution in [3.05, 3.63) is 21.9 Å². The van der Waals surface area contributed by atoms with Crippen molar-refractivity contribution >= 4 is 17.2 Å². The fourth-order valence-corrected chi connectivity index (χ4v) is 2.53. The Morgan fingerprint density at radius 2 is 2.35 bits per heavy atom. The van der Waals surface area contributed by atoms with Gasteiger partial charge in [-0.3, -0.25) is 4.79 Å². The molecule has 0 radical (unpaired) electrons. The summed E-state index contributed by atoms with van der Waals surface area (Å²) in [6.45, 7) is 4.29. The molecule has 0 unspecified atom stereocenters. The van der Waals surface area contributed by atoms with Crippen molar-refractivity contribution in [3.8, 4) is 11.8 Å². The molecule has 0 atom stereocenters. The molecule has 0 saturated heterocycles. The zero-order valence-electron chi connectivity index (χ0n) is 12.1. The van der Waals surface area contributed by atoms with Crippen LogP contribution in [0.4, 0.5) is 0 Å². The highest BCUT2D eigenvalue weighted by molar-refractivity contribution is 7.10. The maximum Gasteiger partial charge on any atom is 0.222 e. The lowest BCUT2D eigenvalue weighted by Crippen LogP contribution is -2.25. The summed E-state index contributed by atoms with van der Waals surface area (Å²) in [7, 11) is 1.83. The third-order valence-corrected chi connectivity index (χ3v) is 3.61. The van der Waals surface area contributed by atoms with E-state index in [0.717, 1.165) is 16.9 Å². The van der Waals surface area contributed by atoms with Gasteiger partial charge in [0.15, 0.2) is 0 Å². The lowest BCUT2D eigenvalue weighted by Gasteiger charge is -2.16. The van der Waals surface area contributed by atoms with Crippen LogP contribution in [0.1, 0.15) is 30.2 Å². The monoisotopic (exact) mass is 294 g/mol. The van der Waals surface area contributed by atoms with E-state index in [1.165, 1.54) is 0 Å². The Morgan fingerprint density at radius 1 is 1.55 bits per heavy atom. The molecule has 1 aromatic rings. The van der Waals surface area contributed by atoms with Crippen LogP contribution in [0, 0.1) is 11.8 Å². The van der Waals surface area contributed by atoms with Crippen molar-refractivity contribution in [1.29, 1.82) is 0 Å². The molecule has 0 bridgehead atoms. The number of nitrogens with zero attached hydrogens (tertiary/aromatic N) is 1. The van der Waals surface area contributed by atoms with Crippen LogP contribution in [0.2, 0.25) is 0 Å². The topological polar surface area (TPSA) is 55.6 Å². The number of amides is 1. The summed E-state index contributed by atoms with van der Waals surface area (Å²) in [4.78, 5) is 14.8. The highest BCUT2D eigenvalue weighted by Crippen LogP contribution is 2.16. The second kappa shape index (κ2) is 9.54. The second-order valence-corrected chi connectivity index (χ2v) is 5.35. The van der Waals surface area contributed by atoms with Gasteiger partial charge in [-0.1, -0.05) is 11.8 Å². The molecule has 1 rings (SSSR count). The Morgan fingerprint density at radius 3 is 3.05 bits per heavy atom. The number of carbonyl (C=O) groups is 1. The van der Waals surface area contributed by atoms with Crippen LogP contribution in [-0.4, -0.2) is 37.6 Å². The molecule has 20 heavy (non-hydrogen) atoms. The molecule has 1 amide bonds. The van der Waals surface area contributed by atoms with E-state index in [1.807, 2.05) is 25.4 Å². The van der Waals surface area contributed by atoms with Gasteiger partial charge in [0.25, 0.3) is 0 Å². The van der Waals surface area contributed by atoms with Gasteiger partial charge in [-0.15, -0.1) is 11.3 Å². The van der Waals surface area contributed by atoms with Gasteiger partial charge in [-0.05, 0) is 19.4 Å².